The summed E-state index contributed by atoms with van der Waals surface area (Å²) in [5, 5.41) is 10.8. The van der Waals surface area contributed by atoms with E-state index < -0.39 is 5.72 Å². The Bertz CT molecular complexity index is 412. The van der Waals surface area contributed by atoms with Gasteiger partial charge in [-0.2, -0.15) is 0 Å². The van der Waals surface area contributed by atoms with Crippen molar-refractivity contribution < 1.29 is 14.6 Å². The van der Waals surface area contributed by atoms with E-state index in [0.717, 1.165) is 30.0 Å². The van der Waals surface area contributed by atoms with Gasteiger partial charge in [0, 0.05) is 18.7 Å². The van der Waals surface area contributed by atoms with Gasteiger partial charge >= 0.3 is 0 Å². The maximum absolute atomic E-state index is 10.8. The quantitative estimate of drug-likeness (QED) is 0.884. The van der Waals surface area contributed by atoms with Crippen LogP contribution in [0.4, 0.5) is 0 Å². The van der Waals surface area contributed by atoms with Crippen LogP contribution in [0.15, 0.2) is 18.2 Å². The van der Waals surface area contributed by atoms with Crippen LogP contribution in [0.25, 0.3) is 0 Å². The second-order valence-electron chi connectivity index (χ2n) is 4.82. The summed E-state index contributed by atoms with van der Waals surface area (Å²) >= 11 is 0. The summed E-state index contributed by atoms with van der Waals surface area (Å²) in [6, 6.07) is 5.87. The van der Waals surface area contributed by atoms with Gasteiger partial charge in [-0.05, 0) is 26.0 Å². The molecular formula is C14H21NO3. The molecule has 1 N–H and O–H groups in total. The smallest absolute Gasteiger partial charge is 0.145 e. The number of hydrogen-bond donors (Lipinski definition) is 1. The number of ether oxygens (including phenoxy) is 2. The molecule has 100 valence electrons. The molecule has 1 unspecified atom stereocenters. The molecule has 0 radical (unpaired) electrons. The van der Waals surface area contributed by atoms with Gasteiger partial charge in [-0.3, -0.25) is 4.90 Å². The zero-order valence-corrected chi connectivity index (χ0v) is 11.3. The molecule has 0 aliphatic carbocycles. The summed E-state index contributed by atoms with van der Waals surface area (Å²) in [5.74, 6) is 0.720. The first-order valence-corrected chi connectivity index (χ1v) is 6.26. The number of nitrogens with zero attached hydrogens (tertiary/aromatic N) is 1. The van der Waals surface area contributed by atoms with E-state index in [1.54, 1.807) is 7.11 Å². The minimum absolute atomic E-state index is 0.657. The standard InChI is InChI=1S/C14H21NO3/c1-11-4-5-13(17-3)12(10-11)14(2,16)15-6-8-18-9-7-15/h4-5,10,16H,6-9H2,1-3H3. The van der Waals surface area contributed by atoms with Crippen molar-refractivity contribution in [2.75, 3.05) is 33.4 Å². The molecule has 4 nitrogen and oxygen atoms in total. The molecule has 0 amide bonds. The Morgan fingerprint density at radius 1 is 1.33 bits per heavy atom. The third-order valence-corrected chi connectivity index (χ3v) is 3.49. The topological polar surface area (TPSA) is 41.9 Å². The summed E-state index contributed by atoms with van der Waals surface area (Å²) in [5.41, 5.74) is 0.896. The zero-order valence-electron chi connectivity index (χ0n) is 11.3. The molecule has 0 saturated carbocycles. The van der Waals surface area contributed by atoms with Crippen molar-refractivity contribution in [3.05, 3.63) is 29.3 Å². The molecule has 1 aliphatic heterocycles. The first-order valence-electron chi connectivity index (χ1n) is 6.26. The van der Waals surface area contributed by atoms with Crippen molar-refractivity contribution in [3.63, 3.8) is 0 Å². The lowest BCUT2D eigenvalue weighted by atomic mass is 9.99. The second kappa shape index (κ2) is 5.26. The molecular weight excluding hydrogens is 230 g/mol. The van der Waals surface area contributed by atoms with Gasteiger partial charge in [0.2, 0.25) is 0 Å². The van der Waals surface area contributed by atoms with E-state index in [9.17, 15) is 5.11 Å². The summed E-state index contributed by atoms with van der Waals surface area (Å²) in [4.78, 5) is 2.02. The summed E-state index contributed by atoms with van der Waals surface area (Å²) < 4.78 is 10.7. The van der Waals surface area contributed by atoms with Crippen molar-refractivity contribution >= 4 is 0 Å². The number of morpholine rings is 1. The van der Waals surface area contributed by atoms with Crippen molar-refractivity contribution in [2.24, 2.45) is 0 Å². The minimum Gasteiger partial charge on any atom is -0.496 e. The largest absolute Gasteiger partial charge is 0.496 e. The molecule has 1 fully saturated rings. The zero-order chi connectivity index (χ0) is 13.2. The number of aliphatic hydroxyl groups is 1. The van der Waals surface area contributed by atoms with Gasteiger partial charge in [0.05, 0.1) is 20.3 Å². The Morgan fingerprint density at radius 2 is 2.00 bits per heavy atom. The highest BCUT2D eigenvalue weighted by Gasteiger charge is 2.34. The van der Waals surface area contributed by atoms with Crippen molar-refractivity contribution in [3.8, 4) is 5.75 Å². The molecule has 1 atom stereocenters. The van der Waals surface area contributed by atoms with Gasteiger partial charge in [0.15, 0.2) is 0 Å². The first kappa shape index (κ1) is 13.3. The van der Waals surface area contributed by atoms with Crippen LogP contribution in [0.3, 0.4) is 0 Å². The minimum atomic E-state index is -1.03. The molecule has 1 aromatic carbocycles. The molecule has 4 heteroatoms. The fraction of sp³-hybridized carbons (Fsp3) is 0.571. The van der Waals surface area contributed by atoms with E-state index in [2.05, 4.69) is 0 Å². The lowest BCUT2D eigenvalue weighted by molar-refractivity contribution is -0.136. The third-order valence-electron chi connectivity index (χ3n) is 3.49. The van der Waals surface area contributed by atoms with E-state index in [4.69, 9.17) is 9.47 Å². The van der Waals surface area contributed by atoms with Gasteiger partial charge in [0.25, 0.3) is 0 Å². The van der Waals surface area contributed by atoms with Gasteiger partial charge in [0.1, 0.15) is 11.5 Å². The number of methoxy groups -OCH3 is 1. The highest BCUT2D eigenvalue weighted by Crippen LogP contribution is 2.33. The van der Waals surface area contributed by atoms with Crippen LogP contribution in [-0.2, 0) is 10.5 Å². The Morgan fingerprint density at radius 3 is 2.61 bits per heavy atom. The summed E-state index contributed by atoms with van der Waals surface area (Å²) in [6.07, 6.45) is 0. The predicted molar refractivity (Wildman–Crippen MR) is 69.7 cm³/mol. The van der Waals surface area contributed by atoms with Crippen LogP contribution >= 0.6 is 0 Å². The van der Waals surface area contributed by atoms with Crippen LogP contribution in [0.2, 0.25) is 0 Å². The number of rotatable bonds is 3. The molecule has 0 aromatic heterocycles. The number of benzene rings is 1. The second-order valence-corrected chi connectivity index (χ2v) is 4.82. The average molecular weight is 251 g/mol. The van der Waals surface area contributed by atoms with E-state index in [0.29, 0.717) is 13.2 Å². The summed E-state index contributed by atoms with van der Waals surface area (Å²) in [6.45, 7) is 6.59. The van der Waals surface area contributed by atoms with Gasteiger partial charge in [-0.25, -0.2) is 0 Å². The first-order chi connectivity index (χ1) is 8.55. The SMILES string of the molecule is COc1ccc(C)cc1C(C)(O)N1CCOCC1. The van der Waals surface area contributed by atoms with Crippen LogP contribution < -0.4 is 4.74 Å². The Hall–Kier alpha value is -1.10. The predicted octanol–water partition coefficient (Wildman–Crippen LogP) is 1.50. The van der Waals surface area contributed by atoms with Crippen molar-refractivity contribution in [1.82, 2.24) is 4.90 Å². The number of aryl methyl sites for hydroxylation is 1. The van der Waals surface area contributed by atoms with Gasteiger partial charge in [-0.1, -0.05) is 11.6 Å². The molecule has 1 aliphatic rings. The fourth-order valence-corrected chi connectivity index (χ4v) is 2.36. The van der Waals surface area contributed by atoms with Crippen LogP contribution in [-0.4, -0.2) is 43.4 Å². The van der Waals surface area contributed by atoms with E-state index in [1.807, 2.05) is 36.9 Å². The van der Waals surface area contributed by atoms with Crippen molar-refractivity contribution in [2.45, 2.75) is 19.6 Å². The Labute approximate surface area is 108 Å². The lowest BCUT2D eigenvalue weighted by Gasteiger charge is -2.40. The normalized spacial score (nSPS) is 20.4. The molecule has 2 rings (SSSR count). The monoisotopic (exact) mass is 251 g/mol. The fourth-order valence-electron chi connectivity index (χ4n) is 2.36. The summed E-state index contributed by atoms with van der Waals surface area (Å²) in [7, 11) is 1.63. The van der Waals surface area contributed by atoms with E-state index >= 15 is 0 Å². The van der Waals surface area contributed by atoms with Crippen LogP contribution in [0, 0.1) is 6.92 Å². The molecule has 1 heterocycles. The maximum atomic E-state index is 10.8. The number of hydrogen-bond acceptors (Lipinski definition) is 4. The molecule has 0 bridgehead atoms. The van der Waals surface area contributed by atoms with Crippen LogP contribution in [0.1, 0.15) is 18.1 Å². The van der Waals surface area contributed by atoms with Gasteiger partial charge in [-0.15, -0.1) is 0 Å². The highest BCUT2D eigenvalue weighted by atomic mass is 16.5. The Kier molecular flexibility index (Phi) is 3.90. The average Bonchev–Trinajstić information content (AvgIpc) is 2.39. The molecule has 1 saturated heterocycles. The van der Waals surface area contributed by atoms with Crippen molar-refractivity contribution in [1.29, 1.82) is 0 Å². The highest BCUT2D eigenvalue weighted by molar-refractivity contribution is 5.40. The third kappa shape index (κ3) is 2.51. The molecule has 1 aromatic rings. The van der Waals surface area contributed by atoms with E-state index in [-0.39, 0.29) is 0 Å². The molecule has 0 spiro atoms. The van der Waals surface area contributed by atoms with Crippen LogP contribution in [0.5, 0.6) is 5.75 Å². The molecule has 18 heavy (non-hydrogen) atoms. The van der Waals surface area contributed by atoms with Gasteiger partial charge < -0.3 is 14.6 Å². The maximum Gasteiger partial charge on any atom is 0.145 e. The lowest BCUT2D eigenvalue weighted by Crippen LogP contribution is -2.49. The Balaban J connectivity index is 2.35. The van der Waals surface area contributed by atoms with E-state index in [1.165, 1.54) is 0 Å².